The molecule has 17 heavy (non-hydrogen) atoms. The van der Waals surface area contributed by atoms with Gasteiger partial charge in [-0.3, -0.25) is 0 Å². The highest BCUT2D eigenvalue weighted by molar-refractivity contribution is 7.92. The summed E-state index contributed by atoms with van der Waals surface area (Å²) in [5, 5.41) is 11.2. The van der Waals surface area contributed by atoms with E-state index in [9.17, 15) is 8.42 Å². The molecular weight excluding hydrogens is 236 g/mol. The Kier molecular flexibility index (Phi) is 2.84. The monoisotopic (exact) mass is 250 g/mol. The molecule has 0 saturated heterocycles. The minimum absolute atomic E-state index is 0.0177. The number of fused-ring (bicyclic) bond motifs is 1. The molecule has 0 bridgehead atoms. The lowest BCUT2D eigenvalue weighted by molar-refractivity contribution is 0.560. The molecule has 1 aliphatic rings. The fourth-order valence-corrected chi connectivity index (χ4v) is 4.06. The smallest absolute Gasteiger partial charge is 0.186 e. The van der Waals surface area contributed by atoms with Crippen LogP contribution in [0.2, 0.25) is 0 Å². The Morgan fingerprint density at radius 2 is 2.18 bits per heavy atom. The van der Waals surface area contributed by atoms with Crippen molar-refractivity contribution in [2.75, 3.05) is 5.32 Å². The van der Waals surface area contributed by atoms with Gasteiger partial charge in [0.25, 0.3) is 0 Å². The summed E-state index contributed by atoms with van der Waals surface area (Å²) in [5.41, 5.74) is 1.66. The molecule has 1 N–H and O–H groups in total. The first-order valence-electron chi connectivity index (χ1n) is 5.45. The Hall–Kier alpha value is -1.54. The quantitative estimate of drug-likeness (QED) is 0.826. The third-order valence-corrected chi connectivity index (χ3v) is 5.41. The van der Waals surface area contributed by atoms with E-state index < -0.39 is 15.1 Å². The van der Waals surface area contributed by atoms with Crippen molar-refractivity contribution in [3.05, 3.63) is 23.8 Å². The van der Waals surface area contributed by atoms with E-state index in [1.807, 2.05) is 19.1 Å². The van der Waals surface area contributed by atoms with Crippen molar-refractivity contribution in [3.63, 3.8) is 0 Å². The molecule has 2 rings (SSSR count). The summed E-state index contributed by atoms with van der Waals surface area (Å²) in [6.07, 6.45) is 0.0177. The molecule has 0 spiro atoms. The number of benzene rings is 1. The molecule has 0 amide bonds. The Morgan fingerprint density at radius 1 is 1.47 bits per heavy atom. The highest BCUT2D eigenvalue weighted by Crippen LogP contribution is 2.34. The topological polar surface area (TPSA) is 70.0 Å². The van der Waals surface area contributed by atoms with E-state index in [1.54, 1.807) is 19.1 Å². The fraction of sp³-hybridized carbons (Fsp3) is 0.417. The summed E-state index contributed by atoms with van der Waals surface area (Å²) in [4.78, 5) is 0.307. The molecule has 0 saturated carbocycles. The number of nitrogens with one attached hydrogen (secondary N) is 1. The van der Waals surface area contributed by atoms with Gasteiger partial charge in [-0.2, -0.15) is 5.26 Å². The summed E-state index contributed by atoms with van der Waals surface area (Å²) < 4.78 is 24.6. The summed E-state index contributed by atoms with van der Waals surface area (Å²) >= 11 is 0. The van der Waals surface area contributed by atoms with Crippen LogP contribution in [0.25, 0.3) is 0 Å². The maximum atomic E-state index is 12.3. The van der Waals surface area contributed by atoms with Crippen LogP contribution in [0, 0.1) is 18.3 Å². The zero-order valence-electron chi connectivity index (χ0n) is 9.77. The Bertz CT molecular complexity index is 587. The van der Waals surface area contributed by atoms with Gasteiger partial charge in [0.05, 0.1) is 28.3 Å². The van der Waals surface area contributed by atoms with Crippen LogP contribution in [0.4, 0.5) is 5.69 Å². The van der Waals surface area contributed by atoms with Gasteiger partial charge >= 0.3 is 0 Å². The van der Waals surface area contributed by atoms with E-state index in [0.717, 1.165) is 5.56 Å². The molecule has 1 aromatic rings. The van der Waals surface area contributed by atoms with Crippen LogP contribution < -0.4 is 5.32 Å². The van der Waals surface area contributed by atoms with Crippen LogP contribution >= 0.6 is 0 Å². The number of hydrogen-bond acceptors (Lipinski definition) is 4. The Morgan fingerprint density at radius 3 is 2.82 bits per heavy atom. The van der Waals surface area contributed by atoms with Crippen molar-refractivity contribution in [2.45, 2.75) is 36.5 Å². The second kappa shape index (κ2) is 4.04. The molecule has 2 unspecified atom stereocenters. The van der Waals surface area contributed by atoms with E-state index in [4.69, 9.17) is 5.26 Å². The van der Waals surface area contributed by atoms with Crippen LogP contribution in [-0.2, 0) is 9.84 Å². The average Bonchev–Trinajstić information content (AvgIpc) is 2.23. The van der Waals surface area contributed by atoms with E-state index in [1.165, 1.54) is 0 Å². The molecule has 1 aromatic carbocycles. The normalized spacial score (nSPS) is 25.5. The summed E-state index contributed by atoms with van der Waals surface area (Å²) in [6, 6.07) is 6.92. The van der Waals surface area contributed by atoms with E-state index in [-0.39, 0.29) is 12.5 Å². The largest absolute Gasteiger partial charge is 0.380 e. The third-order valence-electron chi connectivity index (χ3n) is 3.07. The Balaban J connectivity index is 2.58. The summed E-state index contributed by atoms with van der Waals surface area (Å²) in [7, 11) is -3.40. The van der Waals surface area contributed by atoms with Gasteiger partial charge in [-0.1, -0.05) is 6.07 Å². The number of sulfone groups is 1. The second-order valence-electron chi connectivity index (χ2n) is 4.38. The molecule has 0 radical (unpaired) electrons. The van der Waals surface area contributed by atoms with Crippen LogP contribution in [0.15, 0.2) is 23.1 Å². The minimum Gasteiger partial charge on any atom is -0.380 e. The number of nitrogens with zero attached hydrogens (tertiary/aromatic N) is 1. The summed E-state index contributed by atoms with van der Waals surface area (Å²) in [6.45, 7) is 3.71. The Labute approximate surface area is 101 Å². The standard InChI is InChI=1S/C12H14N2O2S/c1-8-3-4-12-10(7-8)14-9(2)11(5-6-13)17(12,15)16/h3-4,7,9,11,14H,5H2,1-2H3. The number of rotatable bonds is 1. The van der Waals surface area contributed by atoms with Crippen LogP contribution in [0.3, 0.4) is 0 Å². The van der Waals surface area contributed by atoms with Crippen molar-refractivity contribution in [3.8, 4) is 6.07 Å². The van der Waals surface area contributed by atoms with Gasteiger partial charge in [0, 0.05) is 6.04 Å². The zero-order chi connectivity index (χ0) is 12.6. The number of aryl methyl sites for hydroxylation is 1. The molecule has 0 aromatic heterocycles. The maximum Gasteiger partial charge on any atom is 0.186 e. The van der Waals surface area contributed by atoms with Gasteiger partial charge in [0.1, 0.15) is 0 Å². The van der Waals surface area contributed by atoms with E-state index >= 15 is 0 Å². The summed E-state index contributed by atoms with van der Waals surface area (Å²) in [5.74, 6) is 0. The molecule has 2 atom stereocenters. The minimum atomic E-state index is -3.40. The van der Waals surface area contributed by atoms with Crippen molar-refractivity contribution in [1.29, 1.82) is 5.26 Å². The number of nitriles is 1. The van der Waals surface area contributed by atoms with Gasteiger partial charge in [0.2, 0.25) is 0 Å². The van der Waals surface area contributed by atoms with Crippen LogP contribution in [0.5, 0.6) is 0 Å². The van der Waals surface area contributed by atoms with Crippen molar-refractivity contribution < 1.29 is 8.42 Å². The lowest BCUT2D eigenvalue weighted by atomic mass is 10.1. The van der Waals surface area contributed by atoms with E-state index in [2.05, 4.69) is 5.32 Å². The average molecular weight is 250 g/mol. The second-order valence-corrected chi connectivity index (χ2v) is 6.51. The molecule has 0 fully saturated rings. The van der Waals surface area contributed by atoms with Crippen LogP contribution in [-0.4, -0.2) is 19.7 Å². The highest BCUT2D eigenvalue weighted by Gasteiger charge is 2.38. The van der Waals surface area contributed by atoms with Crippen molar-refractivity contribution in [2.24, 2.45) is 0 Å². The maximum absolute atomic E-state index is 12.3. The van der Waals surface area contributed by atoms with Crippen molar-refractivity contribution in [1.82, 2.24) is 0 Å². The van der Waals surface area contributed by atoms with Gasteiger partial charge in [-0.25, -0.2) is 8.42 Å². The molecule has 1 heterocycles. The number of anilines is 1. The number of hydrogen-bond donors (Lipinski definition) is 1. The molecule has 0 aliphatic carbocycles. The third kappa shape index (κ3) is 1.89. The van der Waals surface area contributed by atoms with Gasteiger partial charge < -0.3 is 5.32 Å². The SMILES string of the molecule is Cc1ccc2c(c1)NC(C)C(CC#N)S2(=O)=O. The first-order chi connectivity index (χ1) is 7.96. The molecular formula is C12H14N2O2S. The van der Waals surface area contributed by atoms with Crippen molar-refractivity contribution >= 4 is 15.5 Å². The lowest BCUT2D eigenvalue weighted by Gasteiger charge is -2.31. The first-order valence-corrected chi connectivity index (χ1v) is 6.99. The fourth-order valence-electron chi connectivity index (χ4n) is 2.15. The first kappa shape index (κ1) is 11.9. The van der Waals surface area contributed by atoms with Gasteiger partial charge in [0.15, 0.2) is 9.84 Å². The van der Waals surface area contributed by atoms with Gasteiger partial charge in [-0.05, 0) is 31.5 Å². The van der Waals surface area contributed by atoms with E-state index in [0.29, 0.717) is 10.6 Å². The molecule has 1 aliphatic heterocycles. The van der Waals surface area contributed by atoms with Gasteiger partial charge in [-0.15, -0.1) is 0 Å². The lowest BCUT2D eigenvalue weighted by Crippen LogP contribution is -2.41. The molecule has 4 nitrogen and oxygen atoms in total. The predicted octanol–water partition coefficient (Wildman–Crippen LogP) is 1.87. The van der Waals surface area contributed by atoms with Crippen LogP contribution in [0.1, 0.15) is 18.9 Å². The molecule has 5 heteroatoms. The zero-order valence-corrected chi connectivity index (χ0v) is 10.6. The predicted molar refractivity (Wildman–Crippen MR) is 65.5 cm³/mol. The highest BCUT2D eigenvalue weighted by atomic mass is 32.2. The molecule has 90 valence electrons.